The van der Waals surface area contributed by atoms with Crippen molar-refractivity contribution in [1.29, 1.82) is 0 Å². The van der Waals surface area contributed by atoms with E-state index in [1.165, 1.54) is 18.0 Å². The van der Waals surface area contributed by atoms with Crippen LogP contribution in [0.5, 0.6) is 0 Å². The summed E-state index contributed by atoms with van der Waals surface area (Å²) < 4.78 is 0. The number of benzene rings is 1. The fraction of sp³-hybridized carbons (Fsp3) is 0.440. The summed E-state index contributed by atoms with van der Waals surface area (Å²) in [5.41, 5.74) is 14.3. The van der Waals surface area contributed by atoms with Gasteiger partial charge in [0.25, 0.3) is 11.8 Å². The van der Waals surface area contributed by atoms with E-state index in [1.54, 1.807) is 11.0 Å². The summed E-state index contributed by atoms with van der Waals surface area (Å²) in [6.45, 7) is 0.326. The van der Waals surface area contributed by atoms with Gasteiger partial charge in [-0.3, -0.25) is 20.3 Å². The molecule has 5 atom stereocenters. The third kappa shape index (κ3) is 3.81. The zero-order valence-electron chi connectivity index (χ0n) is 20.7. The molecule has 0 saturated carbocycles. The van der Waals surface area contributed by atoms with E-state index in [4.69, 9.17) is 11.5 Å². The molecule has 38 heavy (non-hydrogen) atoms. The first-order valence-electron chi connectivity index (χ1n) is 12.8. The minimum atomic E-state index is -1.16. The normalized spacial score (nSPS) is 29.2. The molecule has 3 aliphatic heterocycles. The highest BCUT2D eigenvalue weighted by Crippen LogP contribution is 2.35. The highest BCUT2D eigenvalue weighted by Gasteiger charge is 2.68. The van der Waals surface area contributed by atoms with Gasteiger partial charge in [-0.15, -0.1) is 0 Å². The van der Waals surface area contributed by atoms with Crippen LogP contribution >= 0.6 is 0 Å². The van der Waals surface area contributed by atoms with Gasteiger partial charge >= 0.3 is 5.96 Å². The van der Waals surface area contributed by atoms with Crippen LogP contribution in [0.1, 0.15) is 44.9 Å². The number of aliphatic imine (C=N–C) groups is 1. The Kier molecular flexibility index (Phi) is 5.86. The molecule has 1 spiro atoms. The number of nitrogens with two attached hydrogens (primary N) is 2. The summed E-state index contributed by atoms with van der Waals surface area (Å²) in [4.78, 5) is 43.4. The molecule has 1 aromatic carbocycles. The Morgan fingerprint density at radius 1 is 1.16 bits per heavy atom. The molecule has 2 amide bonds. The number of rotatable bonds is 5. The summed E-state index contributed by atoms with van der Waals surface area (Å²) in [5, 5.41) is 20.6. The molecule has 2 unspecified atom stereocenters. The third-order valence-corrected chi connectivity index (χ3v) is 7.94. The maximum atomic E-state index is 13.4. The molecular weight excluding hydrogens is 488 g/mol. The number of hydrogen-bond donors (Lipinski definition) is 7. The summed E-state index contributed by atoms with van der Waals surface area (Å²) in [6, 6.07) is 5.67. The molecule has 4 heterocycles. The van der Waals surface area contributed by atoms with Crippen LogP contribution < -0.4 is 32.4 Å². The lowest BCUT2D eigenvalue weighted by molar-refractivity contribution is -0.513. The molecule has 2 aromatic rings. The van der Waals surface area contributed by atoms with Crippen molar-refractivity contribution in [2.45, 2.75) is 55.6 Å². The number of aryl methyl sites for hydroxylation is 1. The van der Waals surface area contributed by atoms with Gasteiger partial charge in [-0.2, -0.15) is 0 Å². The maximum Gasteiger partial charge on any atom is 0.343 e. The zero-order chi connectivity index (χ0) is 26.4. The molecule has 1 fully saturated rings. The number of carbonyl (C=O) groups excluding carboxylic acids is 2. The number of nitrogens with zero attached hydrogens (tertiary/aromatic N) is 4. The number of aliphatic hydroxyl groups is 1. The van der Waals surface area contributed by atoms with Gasteiger partial charge in [0.2, 0.25) is 11.5 Å². The van der Waals surface area contributed by atoms with Gasteiger partial charge in [-0.1, -0.05) is 12.1 Å². The Labute approximate surface area is 218 Å². The smallest absolute Gasteiger partial charge is 0.343 e. The summed E-state index contributed by atoms with van der Waals surface area (Å²) in [7, 11) is 0. The molecule has 1 aliphatic carbocycles. The van der Waals surface area contributed by atoms with E-state index in [-0.39, 0.29) is 36.7 Å². The topological polar surface area (TPSA) is 198 Å². The lowest BCUT2D eigenvalue weighted by Crippen LogP contribution is -2.88. The quantitative estimate of drug-likeness (QED) is 0.208. The largest absolute Gasteiger partial charge is 0.385 e. The number of hydrogen-bond acceptors (Lipinski definition) is 10. The van der Waals surface area contributed by atoms with Crippen molar-refractivity contribution in [3.8, 4) is 0 Å². The zero-order valence-corrected chi connectivity index (χ0v) is 20.7. The first-order valence-corrected chi connectivity index (χ1v) is 12.8. The molecule has 4 aliphatic rings. The molecule has 0 radical (unpaired) electrons. The average molecular weight is 520 g/mol. The SMILES string of the molecule is NC1=N[C@@H](CNC(=O)c2ncccn2)[C@@H]2[NH+]=C(N)NC23[C@H](O)C(NC(=O)c2cccc4c2CCCC4)CN13. The van der Waals surface area contributed by atoms with E-state index >= 15 is 0 Å². The van der Waals surface area contributed by atoms with Gasteiger partial charge in [0.1, 0.15) is 12.1 Å². The van der Waals surface area contributed by atoms with E-state index in [0.717, 1.165) is 31.2 Å². The highest BCUT2D eigenvalue weighted by molar-refractivity contribution is 5.96. The fourth-order valence-electron chi connectivity index (χ4n) is 6.22. The van der Waals surface area contributed by atoms with Crippen LogP contribution in [0.4, 0.5) is 0 Å². The lowest BCUT2D eigenvalue weighted by atomic mass is 9.87. The van der Waals surface area contributed by atoms with Gasteiger partial charge < -0.3 is 26.4 Å². The summed E-state index contributed by atoms with van der Waals surface area (Å²) >= 11 is 0. The maximum absolute atomic E-state index is 13.4. The molecule has 1 aromatic heterocycles. The first kappa shape index (κ1) is 24.1. The Balaban J connectivity index is 1.22. The second kappa shape index (κ2) is 9.24. The van der Waals surface area contributed by atoms with Crippen LogP contribution in [0.2, 0.25) is 0 Å². The number of aromatic nitrogens is 2. The lowest BCUT2D eigenvalue weighted by Gasteiger charge is -2.43. The number of amides is 2. The molecule has 0 bridgehead atoms. The van der Waals surface area contributed by atoms with E-state index in [0.29, 0.717) is 5.56 Å². The number of guanidine groups is 2. The van der Waals surface area contributed by atoms with Crippen molar-refractivity contribution in [2.24, 2.45) is 16.5 Å². The van der Waals surface area contributed by atoms with Gasteiger partial charge in [-0.25, -0.2) is 20.3 Å². The number of fused-ring (bicyclic) bond motifs is 1. The fourth-order valence-corrected chi connectivity index (χ4v) is 6.22. The van der Waals surface area contributed by atoms with Crippen molar-refractivity contribution in [3.63, 3.8) is 0 Å². The minimum Gasteiger partial charge on any atom is -0.385 e. The molecular formula is C25H31N10O3+. The van der Waals surface area contributed by atoms with Gasteiger partial charge in [0.15, 0.2) is 12.0 Å². The molecule has 9 N–H and O–H groups in total. The standard InChI is InChI=1S/C25H30N10O3/c26-23-33-18-16(11-30-22(38)20-28-9-4-10-29-20)32-24(27)35-12-17(19(36)25(18,35)34-23)31-21(37)15-8-3-6-13-5-1-2-7-14(13)15/h3-4,6,8-10,16-19,36H,1-2,5,7,11-12H2,(H2,27,32)(H,30,38)(H,31,37)(H3,26,33,34)/p+1/t16-,17?,18-,19+,25?/m0/s1. The van der Waals surface area contributed by atoms with Crippen LogP contribution in [0.15, 0.2) is 41.7 Å². The Hall–Kier alpha value is -4.26. The van der Waals surface area contributed by atoms with Crippen molar-refractivity contribution >= 4 is 23.7 Å². The highest BCUT2D eigenvalue weighted by atomic mass is 16.3. The monoisotopic (exact) mass is 519 g/mol. The number of nitrogens with one attached hydrogen (secondary N) is 4. The van der Waals surface area contributed by atoms with Crippen molar-refractivity contribution in [2.75, 3.05) is 13.1 Å². The Morgan fingerprint density at radius 2 is 1.95 bits per heavy atom. The van der Waals surface area contributed by atoms with Crippen LogP contribution in [-0.2, 0) is 12.8 Å². The van der Waals surface area contributed by atoms with Crippen LogP contribution in [0, 0.1) is 0 Å². The van der Waals surface area contributed by atoms with Gasteiger partial charge in [0.05, 0.1) is 6.04 Å². The Bertz CT molecular complexity index is 1330. The van der Waals surface area contributed by atoms with E-state index in [9.17, 15) is 14.7 Å². The molecule has 13 nitrogen and oxygen atoms in total. The second-order valence-electron chi connectivity index (χ2n) is 10.1. The van der Waals surface area contributed by atoms with Gasteiger partial charge in [-0.05, 0) is 48.9 Å². The van der Waals surface area contributed by atoms with E-state index < -0.39 is 35.8 Å². The molecule has 198 valence electrons. The predicted octanol–water partition coefficient (Wildman–Crippen LogP) is -3.68. The average Bonchev–Trinajstić information content (AvgIpc) is 3.43. The van der Waals surface area contributed by atoms with E-state index in [2.05, 4.69) is 42.0 Å². The van der Waals surface area contributed by atoms with Crippen molar-refractivity contribution < 1.29 is 19.7 Å². The van der Waals surface area contributed by atoms with E-state index in [1.807, 2.05) is 12.1 Å². The van der Waals surface area contributed by atoms with Crippen molar-refractivity contribution in [1.82, 2.24) is 30.8 Å². The molecule has 6 rings (SSSR count). The van der Waals surface area contributed by atoms with Crippen LogP contribution in [0.3, 0.4) is 0 Å². The van der Waals surface area contributed by atoms with Crippen LogP contribution in [-0.4, -0.2) is 86.7 Å². The molecule has 13 heteroatoms. The van der Waals surface area contributed by atoms with Gasteiger partial charge in [0, 0.05) is 31.0 Å². The number of aliphatic hydroxyl groups excluding tert-OH is 1. The predicted molar refractivity (Wildman–Crippen MR) is 137 cm³/mol. The summed E-state index contributed by atoms with van der Waals surface area (Å²) in [5.74, 6) is -0.233. The minimum absolute atomic E-state index is 0.0342. The van der Waals surface area contributed by atoms with Crippen molar-refractivity contribution in [3.05, 3.63) is 59.2 Å². The second-order valence-corrected chi connectivity index (χ2v) is 10.1. The third-order valence-electron chi connectivity index (χ3n) is 7.94. The Morgan fingerprint density at radius 3 is 2.76 bits per heavy atom. The number of carbonyl (C=O) groups is 2. The van der Waals surface area contributed by atoms with Crippen LogP contribution in [0.25, 0.3) is 0 Å². The first-order chi connectivity index (χ1) is 18.4. The molecule has 1 saturated heterocycles. The summed E-state index contributed by atoms with van der Waals surface area (Å²) in [6.07, 6.45) is 5.88.